The molecule has 4 heterocycles. The van der Waals surface area contributed by atoms with Crippen LogP contribution in [0.1, 0.15) is 51.0 Å². The number of nitrogens with one attached hydrogen (secondary N) is 1. The van der Waals surface area contributed by atoms with Gasteiger partial charge in [-0.2, -0.15) is 17.6 Å². The van der Waals surface area contributed by atoms with Crippen LogP contribution in [0.5, 0.6) is 11.6 Å². The van der Waals surface area contributed by atoms with E-state index in [1.54, 1.807) is 13.8 Å². The lowest BCUT2D eigenvalue weighted by Crippen LogP contribution is -2.46. The number of rotatable bonds is 6. The van der Waals surface area contributed by atoms with E-state index in [1.807, 2.05) is 0 Å². The summed E-state index contributed by atoms with van der Waals surface area (Å²) in [6.45, 7) is 6.20. The molecule has 0 radical (unpaired) electrons. The first-order chi connectivity index (χ1) is 19.1. The zero-order chi connectivity index (χ0) is 29.9. The summed E-state index contributed by atoms with van der Waals surface area (Å²) < 4.78 is 99.1. The summed E-state index contributed by atoms with van der Waals surface area (Å²) in [5, 5.41) is 0. The van der Waals surface area contributed by atoms with Crippen molar-refractivity contribution >= 4 is 11.0 Å². The number of benzene rings is 1. The highest BCUT2D eigenvalue weighted by Gasteiger charge is 2.65. The molecular weight excluding hydrogens is 555 g/mol. The lowest BCUT2D eigenvalue weighted by molar-refractivity contribution is -0.275. The number of aromatic nitrogens is 2. The van der Waals surface area contributed by atoms with Crippen LogP contribution in [0.2, 0.25) is 0 Å². The van der Waals surface area contributed by atoms with Crippen molar-refractivity contribution in [3.63, 3.8) is 0 Å². The first-order valence-corrected chi connectivity index (χ1v) is 12.9. The number of ether oxygens (including phenoxy) is 5. The molecule has 13 heteroatoms. The van der Waals surface area contributed by atoms with Crippen LogP contribution < -0.4 is 14.9 Å². The average molecular weight is 585 g/mol. The maximum absolute atomic E-state index is 14.7. The van der Waals surface area contributed by atoms with Gasteiger partial charge in [-0.1, -0.05) is 13.0 Å². The first-order valence-electron chi connectivity index (χ1n) is 12.9. The third-order valence-electron chi connectivity index (χ3n) is 7.77. The van der Waals surface area contributed by atoms with Gasteiger partial charge in [0.1, 0.15) is 24.3 Å². The van der Waals surface area contributed by atoms with Crippen molar-refractivity contribution in [2.24, 2.45) is 5.92 Å². The molecule has 1 N–H and O–H groups in total. The molecule has 8 nitrogen and oxygen atoms in total. The lowest BCUT2D eigenvalue weighted by atomic mass is 9.76. The number of fused-ring (bicyclic) bond motifs is 1. The van der Waals surface area contributed by atoms with Crippen LogP contribution in [0.15, 0.2) is 35.1 Å². The Morgan fingerprint density at radius 1 is 1.12 bits per heavy atom. The molecule has 1 aromatic carbocycles. The van der Waals surface area contributed by atoms with E-state index in [1.165, 1.54) is 25.1 Å². The molecule has 222 valence electrons. The Hall–Kier alpha value is -3.29. The molecule has 2 aromatic heterocycles. The Morgan fingerprint density at radius 2 is 1.85 bits per heavy atom. The Bertz CT molecular complexity index is 1530. The van der Waals surface area contributed by atoms with Gasteiger partial charge in [0.05, 0.1) is 19.2 Å². The van der Waals surface area contributed by atoms with Gasteiger partial charge in [-0.25, -0.2) is 9.37 Å². The number of nitrogens with zero attached hydrogens (tertiary/aromatic N) is 1. The fraction of sp³-hybridized carbons (Fsp3) is 0.500. The summed E-state index contributed by atoms with van der Waals surface area (Å²) in [5.74, 6) is -6.14. The minimum atomic E-state index is -4.82. The van der Waals surface area contributed by atoms with E-state index in [9.17, 15) is 26.7 Å². The minimum absolute atomic E-state index is 0.00770. The molecule has 0 bridgehead atoms. The summed E-state index contributed by atoms with van der Waals surface area (Å²) in [6, 6.07) is 6.08. The Morgan fingerprint density at radius 3 is 2.49 bits per heavy atom. The maximum atomic E-state index is 14.7. The number of alkyl halides is 3. The second-order valence-electron chi connectivity index (χ2n) is 10.8. The summed E-state index contributed by atoms with van der Waals surface area (Å²) >= 11 is 0. The third-order valence-corrected chi connectivity index (χ3v) is 7.77. The van der Waals surface area contributed by atoms with E-state index < -0.39 is 58.3 Å². The molecule has 5 rings (SSSR count). The molecule has 0 saturated carbocycles. The van der Waals surface area contributed by atoms with Gasteiger partial charge in [-0.05, 0) is 32.9 Å². The summed E-state index contributed by atoms with van der Waals surface area (Å²) in [6.07, 6.45) is -6.55. The van der Waals surface area contributed by atoms with E-state index in [-0.39, 0.29) is 40.9 Å². The molecule has 0 spiro atoms. The van der Waals surface area contributed by atoms with Crippen LogP contribution in [0, 0.1) is 17.6 Å². The Labute approximate surface area is 231 Å². The zero-order valence-corrected chi connectivity index (χ0v) is 22.9. The van der Waals surface area contributed by atoms with Gasteiger partial charge >= 0.3 is 6.18 Å². The first kappa shape index (κ1) is 29.2. The largest absolute Gasteiger partial charge is 0.493 e. The van der Waals surface area contributed by atoms with Crippen LogP contribution in [0.25, 0.3) is 11.0 Å². The van der Waals surface area contributed by atoms with Crippen molar-refractivity contribution in [2.75, 3.05) is 20.3 Å². The molecule has 1 unspecified atom stereocenters. The molecule has 0 aliphatic carbocycles. The molecule has 2 fully saturated rings. The predicted molar refractivity (Wildman–Crippen MR) is 136 cm³/mol. The van der Waals surface area contributed by atoms with Crippen LogP contribution in [-0.4, -0.2) is 54.0 Å². The molecule has 41 heavy (non-hydrogen) atoms. The number of aromatic amines is 1. The molecule has 2 saturated heterocycles. The second kappa shape index (κ2) is 10.2. The number of pyridine rings is 2. The number of H-pyrrole nitrogens is 1. The number of hydrogen-bond donors (Lipinski definition) is 1. The molecular formula is C28H29F5N2O6. The van der Waals surface area contributed by atoms with Crippen molar-refractivity contribution in [1.29, 1.82) is 0 Å². The van der Waals surface area contributed by atoms with E-state index in [2.05, 4.69) is 9.97 Å². The van der Waals surface area contributed by atoms with Gasteiger partial charge < -0.3 is 28.7 Å². The van der Waals surface area contributed by atoms with Crippen molar-refractivity contribution in [2.45, 2.75) is 63.4 Å². The normalized spacial score (nSPS) is 27.9. The van der Waals surface area contributed by atoms with Crippen LogP contribution >= 0.6 is 0 Å². The quantitative estimate of drug-likeness (QED) is 0.380. The third kappa shape index (κ3) is 5.15. The number of halogens is 5. The number of methoxy groups -OCH3 is 1. The van der Waals surface area contributed by atoms with E-state index in [0.717, 1.165) is 26.2 Å². The Balaban J connectivity index is 1.52. The van der Waals surface area contributed by atoms with Crippen LogP contribution in [0.3, 0.4) is 0 Å². The Kier molecular flexibility index (Phi) is 7.27. The van der Waals surface area contributed by atoms with Crippen molar-refractivity contribution < 1.29 is 45.6 Å². The highest BCUT2D eigenvalue weighted by atomic mass is 19.4. The van der Waals surface area contributed by atoms with Crippen LogP contribution in [0.4, 0.5) is 22.0 Å². The topological polar surface area (TPSA) is 91.9 Å². The predicted octanol–water partition coefficient (Wildman–Crippen LogP) is 5.55. The van der Waals surface area contributed by atoms with E-state index in [4.69, 9.17) is 23.7 Å². The standard InChI is InChI=1S/C28H29F5N2O6/c1-13-21(15-6-7-16(29)22(30)24(15)37-5)25(41-27(13,4)28(31,32)33)18-10-19(36)23-17(34-18)8-9-20(35-23)38-11-14-12-39-26(2,3)40-14/h6-10,13-14,21,25H,11-12H2,1-5H3,(H,34,36)/t13-,14?,21-,25-,27+/m0/s1. The molecule has 5 atom stereocenters. The fourth-order valence-corrected chi connectivity index (χ4v) is 5.47. The van der Waals surface area contributed by atoms with E-state index >= 15 is 0 Å². The minimum Gasteiger partial charge on any atom is -0.493 e. The highest BCUT2D eigenvalue weighted by Crippen LogP contribution is 2.59. The smallest absolute Gasteiger partial charge is 0.417 e. The lowest BCUT2D eigenvalue weighted by Gasteiger charge is -2.32. The fourth-order valence-electron chi connectivity index (χ4n) is 5.47. The molecule has 2 aliphatic rings. The van der Waals surface area contributed by atoms with Gasteiger partial charge in [0.25, 0.3) is 0 Å². The van der Waals surface area contributed by atoms with E-state index in [0.29, 0.717) is 6.61 Å². The summed E-state index contributed by atoms with van der Waals surface area (Å²) in [7, 11) is 1.09. The molecule has 3 aromatic rings. The maximum Gasteiger partial charge on any atom is 0.417 e. The molecule has 0 amide bonds. The SMILES string of the molecule is COc1c([C@H]2[C@H](c3cc(=O)c4nc(OCC5COC(C)(C)O5)ccc4[nH]3)O[C@@](C)(C(F)(F)F)[C@H]2C)ccc(F)c1F. The van der Waals surface area contributed by atoms with Gasteiger partial charge in [-0.15, -0.1) is 0 Å². The monoisotopic (exact) mass is 584 g/mol. The molecule has 2 aliphatic heterocycles. The average Bonchev–Trinajstić information content (AvgIpc) is 3.40. The van der Waals surface area contributed by atoms with Crippen molar-refractivity contribution in [3.8, 4) is 11.6 Å². The van der Waals surface area contributed by atoms with Crippen LogP contribution in [-0.2, 0) is 14.2 Å². The zero-order valence-electron chi connectivity index (χ0n) is 22.9. The number of hydrogen-bond acceptors (Lipinski definition) is 7. The van der Waals surface area contributed by atoms with Gasteiger partial charge in [0.2, 0.25) is 17.1 Å². The second-order valence-corrected chi connectivity index (χ2v) is 10.8. The van der Waals surface area contributed by atoms with Crippen molar-refractivity contribution in [1.82, 2.24) is 9.97 Å². The highest BCUT2D eigenvalue weighted by molar-refractivity contribution is 5.74. The van der Waals surface area contributed by atoms with Gasteiger partial charge in [0.15, 0.2) is 23.0 Å². The summed E-state index contributed by atoms with van der Waals surface area (Å²) in [5.41, 5.74) is -3.10. The van der Waals surface area contributed by atoms with Gasteiger partial charge in [-0.3, -0.25) is 4.79 Å². The van der Waals surface area contributed by atoms with Gasteiger partial charge in [0, 0.05) is 35.2 Å². The van der Waals surface area contributed by atoms with Crippen molar-refractivity contribution in [3.05, 3.63) is 63.4 Å². The summed E-state index contributed by atoms with van der Waals surface area (Å²) in [4.78, 5) is 20.4.